The molecule has 0 amide bonds. The molecule has 0 atom stereocenters. The smallest absolute Gasteiger partial charge is 0.131 e. The topological polar surface area (TPSA) is 22.1 Å². The minimum atomic E-state index is 0.756. The second kappa shape index (κ2) is 4.18. The predicted molar refractivity (Wildman–Crippen MR) is 69.7 cm³/mol. The average molecular weight is 240 g/mol. The molecule has 0 aliphatic carbocycles. The predicted octanol–water partition coefficient (Wildman–Crippen LogP) is 4.20. The first-order valence-electron chi connectivity index (χ1n) is 5.31. The summed E-state index contributed by atoms with van der Waals surface area (Å²) >= 11 is 1.80. The molecule has 0 unspecified atom stereocenters. The van der Waals surface area contributed by atoms with Crippen molar-refractivity contribution in [3.8, 4) is 11.5 Å². The van der Waals surface area contributed by atoms with Gasteiger partial charge in [-0.05, 0) is 42.6 Å². The maximum Gasteiger partial charge on any atom is 0.131 e. The molecule has 0 aliphatic heterocycles. The van der Waals surface area contributed by atoms with Crippen LogP contribution in [-0.4, -0.2) is 4.98 Å². The van der Waals surface area contributed by atoms with E-state index in [1.54, 1.807) is 23.6 Å². The number of nitrogens with zero attached hydrogens (tertiary/aromatic N) is 1. The highest BCUT2D eigenvalue weighted by atomic mass is 32.1. The van der Waals surface area contributed by atoms with Crippen molar-refractivity contribution < 1.29 is 4.74 Å². The Hall–Kier alpha value is -1.87. The summed E-state index contributed by atoms with van der Waals surface area (Å²) in [4.78, 5) is 5.15. The zero-order chi connectivity index (χ0) is 11.7. The van der Waals surface area contributed by atoms with Gasteiger partial charge in [-0.25, -0.2) is 0 Å². The fourth-order valence-corrected chi connectivity index (χ4v) is 2.62. The van der Waals surface area contributed by atoms with Crippen molar-refractivity contribution in [3.05, 3.63) is 53.7 Å². The van der Waals surface area contributed by atoms with Crippen molar-refractivity contribution in [1.29, 1.82) is 0 Å². The van der Waals surface area contributed by atoms with Crippen LogP contribution in [0.2, 0.25) is 0 Å². The molecule has 3 rings (SSSR count). The van der Waals surface area contributed by atoms with Crippen LogP contribution in [0.1, 0.15) is 4.88 Å². The van der Waals surface area contributed by atoms with E-state index in [0.29, 0.717) is 0 Å². The molecule has 2 aromatic heterocycles. The van der Waals surface area contributed by atoms with Crippen LogP contribution in [0.5, 0.6) is 11.5 Å². The lowest BCUT2D eigenvalue weighted by Gasteiger charge is -2.04. The third-order valence-electron chi connectivity index (χ3n) is 2.44. The number of ether oxygens (including phenoxy) is 1. The van der Waals surface area contributed by atoms with Gasteiger partial charge < -0.3 is 4.74 Å². The molecule has 0 spiro atoms. The van der Waals surface area contributed by atoms with E-state index in [9.17, 15) is 0 Å². The van der Waals surface area contributed by atoms with Gasteiger partial charge in [0.1, 0.15) is 11.5 Å². The van der Waals surface area contributed by atoms with Gasteiger partial charge in [0.2, 0.25) is 0 Å². The normalized spacial score (nSPS) is 10.6. The number of rotatable bonds is 2. The van der Waals surface area contributed by atoms with E-state index < -0.39 is 0 Å². The number of hydrogen-bond donors (Lipinski definition) is 0. The number of hydrogen-bond acceptors (Lipinski definition) is 3. The third-order valence-corrected chi connectivity index (χ3v) is 3.47. The Balaban J connectivity index is 1.95. The van der Waals surface area contributed by atoms with E-state index in [-0.39, 0.29) is 0 Å². The Morgan fingerprint density at radius 2 is 2.12 bits per heavy atom. The van der Waals surface area contributed by atoms with E-state index in [4.69, 9.17) is 4.74 Å². The lowest BCUT2D eigenvalue weighted by atomic mass is 10.2. The molecule has 0 N–H and O–H groups in total. The van der Waals surface area contributed by atoms with E-state index in [1.165, 1.54) is 15.0 Å². The molecule has 0 saturated heterocycles. The van der Waals surface area contributed by atoms with E-state index in [1.807, 2.05) is 12.1 Å². The number of fused-ring (bicyclic) bond motifs is 1. The van der Waals surface area contributed by atoms with Gasteiger partial charge in [-0.1, -0.05) is 0 Å². The van der Waals surface area contributed by atoms with Gasteiger partial charge in [0.15, 0.2) is 0 Å². The molecular formula is C14H10NOS. The summed E-state index contributed by atoms with van der Waals surface area (Å²) in [6, 6.07) is 11.8. The zero-order valence-corrected chi connectivity index (χ0v) is 10.1. The van der Waals surface area contributed by atoms with Crippen LogP contribution in [0.4, 0.5) is 0 Å². The van der Waals surface area contributed by atoms with E-state index >= 15 is 0 Å². The van der Waals surface area contributed by atoms with Crippen molar-refractivity contribution in [2.24, 2.45) is 0 Å². The van der Waals surface area contributed by atoms with Gasteiger partial charge in [-0.15, -0.1) is 11.3 Å². The van der Waals surface area contributed by atoms with Crippen molar-refractivity contribution in [2.45, 2.75) is 6.92 Å². The summed E-state index contributed by atoms with van der Waals surface area (Å²) in [7, 11) is 0. The van der Waals surface area contributed by atoms with Crippen molar-refractivity contribution in [3.63, 3.8) is 0 Å². The molecule has 3 heteroatoms. The van der Waals surface area contributed by atoms with Crippen LogP contribution in [-0.2, 0) is 0 Å². The zero-order valence-electron chi connectivity index (χ0n) is 9.31. The van der Waals surface area contributed by atoms with Gasteiger partial charge in [0.25, 0.3) is 0 Å². The number of aromatic nitrogens is 1. The second-order valence-electron chi connectivity index (χ2n) is 3.78. The number of benzene rings is 1. The first-order chi connectivity index (χ1) is 8.31. The Bertz CT molecular complexity index is 646. The van der Waals surface area contributed by atoms with Gasteiger partial charge in [0.05, 0.1) is 6.20 Å². The minimum Gasteiger partial charge on any atom is -0.457 e. The maximum atomic E-state index is 5.73. The highest BCUT2D eigenvalue weighted by molar-refractivity contribution is 7.19. The molecule has 0 aliphatic rings. The molecule has 1 radical (unpaired) electrons. The number of thiophene rings is 1. The van der Waals surface area contributed by atoms with Gasteiger partial charge in [-0.3, -0.25) is 4.98 Å². The largest absolute Gasteiger partial charge is 0.457 e. The Morgan fingerprint density at radius 3 is 2.94 bits per heavy atom. The molecule has 3 aromatic rings. The Kier molecular flexibility index (Phi) is 2.53. The molecule has 2 heterocycles. The highest BCUT2D eigenvalue weighted by Crippen LogP contribution is 2.30. The van der Waals surface area contributed by atoms with Crippen LogP contribution in [0.25, 0.3) is 10.1 Å². The first-order valence-corrected chi connectivity index (χ1v) is 6.13. The average Bonchev–Trinajstić information content (AvgIpc) is 2.70. The molecular weight excluding hydrogens is 230 g/mol. The minimum absolute atomic E-state index is 0.756. The molecule has 0 fully saturated rings. The van der Waals surface area contributed by atoms with E-state index in [0.717, 1.165) is 11.5 Å². The summed E-state index contributed by atoms with van der Waals surface area (Å²) in [5.74, 6) is 1.60. The lowest BCUT2D eigenvalue weighted by Crippen LogP contribution is -1.83. The molecule has 17 heavy (non-hydrogen) atoms. The molecule has 83 valence electrons. The quantitative estimate of drug-likeness (QED) is 0.669. The summed E-state index contributed by atoms with van der Waals surface area (Å²) in [6.07, 6.45) is 4.42. The lowest BCUT2D eigenvalue weighted by molar-refractivity contribution is 0.482. The van der Waals surface area contributed by atoms with Crippen molar-refractivity contribution >= 4 is 21.4 Å². The van der Waals surface area contributed by atoms with Gasteiger partial charge >= 0.3 is 0 Å². The molecule has 2 nitrogen and oxygen atoms in total. The fourth-order valence-electron chi connectivity index (χ4n) is 1.72. The third kappa shape index (κ3) is 2.15. The maximum absolute atomic E-state index is 5.73. The van der Waals surface area contributed by atoms with Crippen LogP contribution in [0, 0.1) is 13.1 Å². The first kappa shape index (κ1) is 10.3. The van der Waals surface area contributed by atoms with Gasteiger partial charge in [0, 0.05) is 21.8 Å². The summed E-state index contributed by atoms with van der Waals surface area (Å²) in [5, 5.41) is 1.23. The molecule has 0 bridgehead atoms. The van der Waals surface area contributed by atoms with Crippen LogP contribution >= 0.6 is 11.3 Å². The van der Waals surface area contributed by atoms with Gasteiger partial charge in [-0.2, -0.15) is 0 Å². The molecule has 0 saturated carbocycles. The summed E-state index contributed by atoms with van der Waals surface area (Å²) in [5.41, 5.74) is 0. The van der Waals surface area contributed by atoms with Crippen molar-refractivity contribution in [2.75, 3.05) is 0 Å². The second-order valence-corrected chi connectivity index (χ2v) is 5.07. The van der Waals surface area contributed by atoms with E-state index in [2.05, 4.69) is 36.3 Å². The highest BCUT2D eigenvalue weighted by Gasteiger charge is 2.01. The fraction of sp³-hybridized carbons (Fsp3) is 0.0714. The standard InChI is InChI=1S/C14H10NOS/c1-10-8-11-9-13(2-3-14(11)17-10)16-12-4-6-15-7-5-12/h2-6,8-9H,1H3. The monoisotopic (exact) mass is 240 g/mol. The SMILES string of the molecule is Cc1cc2cc(Oc3c[c]ncc3)ccc2s1. The molecule has 1 aromatic carbocycles. The summed E-state index contributed by atoms with van der Waals surface area (Å²) < 4.78 is 7.02. The Morgan fingerprint density at radius 1 is 1.18 bits per heavy atom. The Labute approximate surface area is 104 Å². The summed E-state index contributed by atoms with van der Waals surface area (Å²) in [6.45, 7) is 2.11. The van der Waals surface area contributed by atoms with Crippen LogP contribution in [0.3, 0.4) is 0 Å². The van der Waals surface area contributed by atoms with Crippen LogP contribution in [0.15, 0.2) is 42.6 Å². The number of aryl methyl sites for hydroxylation is 1. The van der Waals surface area contributed by atoms with Crippen molar-refractivity contribution in [1.82, 2.24) is 4.98 Å². The van der Waals surface area contributed by atoms with Crippen LogP contribution < -0.4 is 4.74 Å². The number of pyridine rings is 1.